The molecule has 1 aromatic heterocycles. The molecule has 0 N–H and O–H groups in total. The van der Waals surface area contributed by atoms with Crippen molar-refractivity contribution >= 4 is 45.1 Å². The van der Waals surface area contributed by atoms with Gasteiger partial charge in [0.15, 0.2) is 5.15 Å². The van der Waals surface area contributed by atoms with Gasteiger partial charge in [-0.15, -0.1) is 11.8 Å². The highest BCUT2D eigenvalue weighted by Gasteiger charge is 2.13. The van der Waals surface area contributed by atoms with E-state index in [1.165, 1.54) is 16.4 Å². The van der Waals surface area contributed by atoms with Gasteiger partial charge in [-0.3, -0.25) is 8.86 Å². The van der Waals surface area contributed by atoms with Crippen molar-refractivity contribution in [3.63, 3.8) is 0 Å². The van der Waals surface area contributed by atoms with Crippen LogP contribution in [0.3, 0.4) is 0 Å². The van der Waals surface area contributed by atoms with Crippen LogP contribution in [0.1, 0.15) is 0 Å². The Labute approximate surface area is 108 Å². The second kappa shape index (κ2) is 5.59. The van der Waals surface area contributed by atoms with E-state index in [1.807, 2.05) is 0 Å². The van der Waals surface area contributed by atoms with Crippen molar-refractivity contribution in [2.45, 2.75) is 5.03 Å². The number of hydrogen-bond donors (Lipinski definition) is 0. The average molecular weight is 305 g/mol. The van der Waals surface area contributed by atoms with Crippen molar-refractivity contribution in [1.82, 2.24) is 9.78 Å². The molecule has 0 atom stereocenters. The molecule has 0 bridgehead atoms. The van der Waals surface area contributed by atoms with Crippen LogP contribution in [-0.2, 0) is 21.3 Å². The summed E-state index contributed by atoms with van der Waals surface area (Å²) >= 11 is 12.9. The lowest BCUT2D eigenvalue weighted by molar-refractivity contribution is 0.345. The van der Waals surface area contributed by atoms with E-state index in [4.69, 9.17) is 23.2 Å². The van der Waals surface area contributed by atoms with E-state index in [-0.39, 0.29) is 11.8 Å². The van der Waals surface area contributed by atoms with Crippen molar-refractivity contribution in [2.24, 2.45) is 7.05 Å². The Morgan fingerprint density at radius 1 is 1.50 bits per heavy atom. The Balaban J connectivity index is 2.49. The van der Waals surface area contributed by atoms with Gasteiger partial charge in [0.2, 0.25) is 0 Å². The fourth-order valence-corrected chi connectivity index (χ4v) is 2.82. The molecule has 9 heteroatoms. The number of hydrogen-bond acceptors (Lipinski definition) is 5. The van der Waals surface area contributed by atoms with Crippen LogP contribution in [0.4, 0.5) is 0 Å². The highest BCUT2D eigenvalue weighted by Crippen LogP contribution is 2.32. The Bertz CT molecular complexity index is 472. The predicted octanol–water partition coefficient (Wildman–Crippen LogP) is 1.80. The first-order chi connectivity index (χ1) is 7.31. The highest BCUT2D eigenvalue weighted by atomic mass is 35.5. The van der Waals surface area contributed by atoms with Gasteiger partial charge < -0.3 is 0 Å². The van der Waals surface area contributed by atoms with Crippen molar-refractivity contribution in [3.05, 3.63) is 10.2 Å². The fraction of sp³-hybridized carbons (Fsp3) is 0.571. The molecule has 0 aliphatic carbocycles. The van der Waals surface area contributed by atoms with Crippen LogP contribution in [0.2, 0.25) is 10.2 Å². The molecule has 1 aromatic rings. The summed E-state index contributed by atoms with van der Waals surface area (Å²) in [6.45, 7) is 0.0859. The summed E-state index contributed by atoms with van der Waals surface area (Å²) in [6.07, 6.45) is 1.01. The fourth-order valence-electron chi connectivity index (χ4n) is 0.932. The number of nitrogens with zero attached hydrogens (tertiary/aromatic N) is 2. The Morgan fingerprint density at radius 3 is 2.56 bits per heavy atom. The van der Waals surface area contributed by atoms with Crippen molar-refractivity contribution in [1.29, 1.82) is 0 Å². The minimum atomic E-state index is -3.39. The second-order valence-corrected chi connectivity index (χ2v) is 6.37. The van der Waals surface area contributed by atoms with Crippen LogP contribution in [-0.4, -0.2) is 36.8 Å². The van der Waals surface area contributed by atoms with Crippen LogP contribution < -0.4 is 0 Å². The minimum Gasteiger partial charge on any atom is -0.269 e. The molecule has 0 saturated heterocycles. The summed E-state index contributed by atoms with van der Waals surface area (Å²) in [5.41, 5.74) is 0. The zero-order valence-electron chi connectivity index (χ0n) is 8.61. The third-order valence-corrected chi connectivity index (χ3v) is 4.06. The number of aryl methyl sites for hydroxylation is 1. The van der Waals surface area contributed by atoms with Crippen LogP contribution in [0, 0.1) is 0 Å². The first-order valence-electron chi connectivity index (χ1n) is 4.16. The lowest BCUT2D eigenvalue weighted by Crippen LogP contribution is -2.06. The van der Waals surface area contributed by atoms with Gasteiger partial charge in [0, 0.05) is 12.8 Å². The molecule has 1 heterocycles. The summed E-state index contributed by atoms with van der Waals surface area (Å²) in [6, 6.07) is 0. The van der Waals surface area contributed by atoms with Crippen LogP contribution >= 0.6 is 35.0 Å². The standard InChI is InChI=1S/C7H10Cl2N2O3S2/c1-11-7(5(8)6(9)10-11)15-4-3-14-16(2,12)13/h3-4H2,1-2H3. The van der Waals surface area contributed by atoms with Crippen LogP contribution in [0.5, 0.6) is 0 Å². The van der Waals surface area contributed by atoms with Gasteiger partial charge in [0.25, 0.3) is 10.1 Å². The largest absolute Gasteiger partial charge is 0.269 e. The third kappa shape index (κ3) is 4.14. The lowest BCUT2D eigenvalue weighted by atomic mass is 10.7. The quantitative estimate of drug-likeness (QED) is 0.471. The third-order valence-electron chi connectivity index (χ3n) is 1.52. The molecule has 0 amide bonds. The molecule has 0 saturated carbocycles. The van der Waals surface area contributed by atoms with Crippen LogP contribution in [0.25, 0.3) is 0 Å². The Morgan fingerprint density at radius 2 is 2.12 bits per heavy atom. The molecule has 92 valence electrons. The van der Waals surface area contributed by atoms with Gasteiger partial charge in [-0.05, 0) is 0 Å². The molecule has 1 rings (SSSR count). The van der Waals surface area contributed by atoms with Gasteiger partial charge >= 0.3 is 0 Å². The van der Waals surface area contributed by atoms with E-state index in [2.05, 4.69) is 9.28 Å². The molecule has 5 nitrogen and oxygen atoms in total. The van der Waals surface area contributed by atoms with Gasteiger partial charge in [0.1, 0.15) is 10.0 Å². The van der Waals surface area contributed by atoms with Crippen molar-refractivity contribution in [2.75, 3.05) is 18.6 Å². The molecule has 0 aliphatic rings. The van der Waals surface area contributed by atoms with Crippen molar-refractivity contribution < 1.29 is 12.6 Å². The molecule has 0 fully saturated rings. The maximum absolute atomic E-state index is 10.7. The zero-order chi connectivity index (χ0) is 12.3. The molecular weight excluding hydrogens is 295 g/mol. The monoisotopic (exact) mass is 304 g/mol. The van der Waals surface area contributed by atoms with Crippen LogP contribution in [0.15, 0.2) is 5.03 Å². The molecule has 0 unspecified atom stereocenters. The zero-order valence-corrected chi connectivity index (χ0v) is 11.8. The first kappa shape index (κ1) is 14.1. The molecule has 0 spiro atoms. The summed E-state index contributed by atoms with van der Waals surface area (Å²) in [4.78, 5) is 0. The molecule has 0 radical (unpaired) electrons. The molecule has 16 heavy (non-hydrogen) atoms. The molecule has 0 aromatic carbocycles. The van der Waals surface area contributed by atoms with E-state index in [0.717, 1.165) is 6.26 Å². The van der Waals surface area contributed by atoms with Gasteiger partial charge in [0.05, 0.1) is 12.9 Å². The highest BCUT2D eigenvalue weighted by molar-refractivity contribution is 7.99. The predicted molar refractivity (Wildman–Crippen MR) is 64.7 cm³/mol. The maximum Gasteiger partial charge on any atom is 0.264 e. The average Bonchev–Trinajstić information content (AvgIpc) is 2.36. The van der Waals surface area contributed by atoms with E-state index in [9.17, 15) is 8.42 Å². The smallest absolute Gasteiger partial charge is 0.264 e. The van der Waals surface area contributed by atoms with Gasteiger partial charge in [-0.2, -0.15) is 13.5 Å². The second-order valence-electron chi connectivity index (χ2n) is 2.91. The number of thioether (sulfide) groups is 1. The summed E-state index contributed by atoms with van der Waals surface area (Å²) in [5, 5.41) is 5.19. The lowest BCUT2D eigenvalue weighted by Gasteiger charge is -2.02. The van der Waals surface area contributed by atoms with E-state index in [0.29, 0.717) is 15.8 Å². The summed E-state index contributed by atoms with van der Waals surface area (Å²) in [5.74, 6) is 0.447. The minimum absolute atomic E-state index is 0.0859. The number of aromatic nitrogens is 2. The van der Waals surface area contributed by atoms with E-state index >= 15 is 0 Å². The van der Waals surface area contributed by atoms with Crippen molar-refractivity contribution in [3.8, 4) is 0 Å². The van der Waals surface area contributed by atoms with Gasteiger partial charge in [-0.1, -0.05) is 23.2 Å². The van der Waals surface area contributed by atoms with E-state index < -0.39 is 10.1 Å². The topological polar surface area (TPSA) is 61.2 Å². The van der Waals surface area contributed by atoms with E-state index in [1.54, 1.807) is 7.05 Å². The SMILES string of the molecule is Cn1nc(Cl)c(Cl)c1SCCOS(C)(=O)=O. The van der Waals surface area contributed by atoms with Gasteiger partial charge in [-0.25, -0.2) is 0 Å². The first-order valence-corrected chi connectivity index (χ1v) is 7.72. The molecular formula is C7H10Cl2N2O3S2. The molecule has 0 aliphatic heterocycles. The normalized spacial score (nSPS) is 12.0. The number of halogens is 2. The number of rotatable bonds is 5. The maximum atomic E-state index is 10.7. The Kier molecular flexibility index (Phi) is 4.93. The summed E-state index contributed by atoms with van der Waals surface area (Å²) in [7, 11) is -1.68. The summed E-state index contributed by atoms with van der Waals surface area (Å²) < 4.78 is 27.5. The Hall–Kier alpha value is 0.0500.